The molecule has 0 unspecified atom stereocenters. The molecule has 0 bridgehead atoms. The Hall–Kier alpha value is -0.783. The maximum Gasteiger partial charge on any atom is 0.192 e. The third-order valence-corrected chi connectivity index (χ3v) is 10.4. The highest BCUT2D eigenvalue weighted by Crippen LogP contribution is 2.45. The Morgan fingerprint density at radius 2 is 1.95 bits per heavy atom. The maximum atomic E-state index is 6.48. The molecule has 21 heavy (non-hydrogen) atoms. The van der Waals surface area contributed by atoms with E-state index in [9.17, 15) is 0 Å². The summed E-state index contributed by atoms with van der Waals surface area (Å²) in [4.78, 5) is 8.87. The van der Waals surface area contributed by atoms with Crippen LogP contribution >= 0.6 is 11.3 Å². The van der Waals surface area contributed by atoms with Crippen LogP contribution in [0.4, 0.5) is 0 Å². The molecular formula is C16H24N2OSSi. The lowest BCUT2D eigenvalue weighted by atomic mass is 9.78. The molecule has 0 atom stereocenters. The SMILES string of the molecule is CC(C)(C)[Si](C)(C)OC1CC(c2cncc3scnc23)C1. The Labute approximate surface area is 131 Å². The van der Waals surface area contributed by atoms with Crippen LogP contribution in [0.3, 0.4) is 0 Å². The van der Waals surface area contributed by atoms with Gasteiger partial charge in [-0.3, -0.25) is 4.98 Å². The monoisotopic (exact) mass is 320 g/mol. The van der Waals surface area contributed by atoms with Gasteiger partial charge in [-0.1, -0.05) is 20.8 Å². The lowest BCUT2D eigenvalue weighted by Gasteiger charge is -2.45. The lowest BCUT2D eigenvalue weighted by Crippen LogP contribution is -2.47. The number of hydrogen-bond donors (Lipinski definition) is 0. The van der Waals surface area contributed by atoms with Gasteiger partial charge in [-0.15, -0.1) is 11.3 Å². The van der Waals surface area contributed by atoms with E-state index in [1.807, 2.05) is 17.9 Å². The highest BCUT2D eigenvalue weighted by Gasteiger charge is 2.43. The molecule has 0 N–H and O–H groups in total. The predicted molar refractivity (Wildman–Crippen MR) is 91.5 cm³/mol. The van der Waals surface area contributed by atoms with Gasteiger partial charge in [0.15, 0.2) is 8.32 Å². The van der Waals surface area contributed by atoms with Crippen LogP contribution in [0.2, 0.25) is 18.1 Å². The minimum atomic E-state index is -1.64. The summed E-state index contributed by atoms with van der Waals surface area (Å²) in [5.74, 6) is 0.568. The van der Waals surface area contributed by atoms with Gasteiger partial charge in [0.1, 0.15) is 0 Å². The van der Waals surface area contributed by atoms with Crippen molar-refractivity contribution in [3.63, 3.8) is 0 Å². The zero-order valence-corrected chi connectivity index (χ0v) is 15.3. The van der Waals surface area contributed by atoms with E-state index in [1.54, 1.807) is 11.3 Å². The number of thiazole rings is 1. The van der Waals surface area contributed by atoms with E-state index in [-0.39, 0.29) is 5.04 Å². The maximum absolute atomic E-state index is 6.48. The average molecular weight is 321 g/mol. The van der Waals surface area contributed by atoms with Crippen molar-refractivity contribution in [2.45, 2.75) is 63.8 Å². The fourth-order valence-corrected chi connectivity index (χ4v) is 4.67. The van der Waals surface area contributed by atoms with Gasteiger partial charge in [0.2, 0.25) is 0 Å². The van der Waals surface area contributed by atoms with Crippen molar-refractivity contribution < 1.29 is 4.43 Å². The first-order valence-electron chi connectivity index (χ1n) is 7.63. The van der Waals surface area contributed by atoms with Gasteiger partial charge in [0, 0.05) is 24.1 Å². The summed E-state index contributed by atoms with van der Waals surface area (Å²) in [6, 6.07) is 0. The van der Waals surface area contributed by atoms with Crippen molar-refractivity contribution in [2.24, 2.45) is 0 Å². The molecule has 2 aromatic rings. The second kappa shape index (κ2) is 5.14. The Bertz CT molecular complexity index is 641. The molecule has 0 radical (unpaired) electrons. The van der Waals surface area contributed by atoms with Crippen molar-refractivity contribution in [1.29, 1.82) is 0 Å². The van der Waals surface area contributed by atoms with Gasteiger partial charge in [-0.05, 0) is 36.9 Å². The van der Waals surface area contributed by atoms with E-state index in [0.717, 1.165) is 18.4 Å². The lowest BCUT2D eigenvalue weighted by molar-refractivity contribution is 0.0844. The van der Waals surface area contributed by atoms with Crippen LogP contribution in [0.5, 0.6) is 0 Å². The van der Waals surface area contributed by atoms with Crippen molar-refractivity contribution >= 4 is 29.9 Å². The van der Waals surface area contributed by atoms with Gasteiger partial charge in [0.05, 0.1) is 15.7 Å². The fourth-order valence-electron chi connectivity index (χ4n) is 2.62. The van der Waals surface area contributed by atoms with E-state index in [4.69, 9.17) is 4.43 Å². The van der Waals surface area contributed by atoms with Gasteiger partial charge in [-0.25, -0.2) is 4.98 Å². The highest BCUT2D eigenvalue weighted by atomic mass is 32.1. The fraction of sp³-hybridized carbons (Fsp3) is 0.625. The summed E-state index contributed by atoms with van der Waals surface area (Å²) in [7, 11) is -1.64. The summed E-state index contributed by atoms with van der Waals surface area (Å²) in [5.41, 5.74) is 4.37. The van der Waals surface area contributed by atoms with E-state index < -0.39 is 8.32 Å². The molecule has 1 aliphatic rings. The minimum Gasteiger partial charge on any atom is -0.414 e. The molecular weight excluding hydrogens is 296 g/mol. The first-order chi connectivity index (χ1) is 9.78. The largest absolute Gasteiger partial charge is 0.414 e. The molecule has 2 heterocycles. The molecule has 0 amide bonds. The smallest absolute Gasteiger partial charge is 0.192 e. The zero-order valence-electron chi connectivity index (χ0n) is 13.5. The van der Waals surface area contributed by atoms with Crippen LogP contribution in [0, 0.1) is 0 Å². The summed E-state index contributed by atoms with van der Waals surface area (Å²) < 4.78 is 7.68. The van der Waals surface area contributed by atoms with Gasteiger partial charge < -0.3 is 4.43 Å². The summed E-state index contributed by atoms with van der Waals surface area (Å²) in [6.45, 7) is 11.6. The number of hydrogen-bond acceptors (Lipinski definition) is 4. The van der Waals surface area contributed by atoms with Crippen molar-refractivity contribution in [2.75, 3.05) is 0 Å². The van der Waals surface area contributed by atoms with Crippen LogP contribution in [0.15, 0.2) is 17.9 Å². The van der Waals surface area contributed by atoms with Crippen LogP contribution < -0.4 is 0 Å². The highest BCUT2D eigenvalue weighted by molar-refractivity contribution is 7.16. The Morgan fingerprint density at radius 3 is 2.62 bits per heavy atom. The van der Waals surface area contributed by atoms with E-state index in [1.165, 1.54) is 10.3 Å². The normalized spacial score (nSPS) is 23.3. The standard InChI is InChI=1S/C16H24N2OSSi/c1-16(2,3)21(4,5)19-12-6-11(7-12)13-8-17-9-14-15(13)18-10-20-14/h8-12H,6-7H2,1-5H3. The average Bonchev–Trinajstić information content (AvgIpc) is 2.80. The first-order valence-corrected chi connectivity index (χ1v) is 11.4. The molecule has 1 aliphatic carbocycles. The molecule has 1 saturated carbocycles. The van der Waals surface area contributed by atoms with Crippen LogP contribution in [-0.2, 0) is 4.43 Å². The second-order valence-electron chi connectivity index (χ2n) is 7.60. The molecule has 3 nitrogen and oxygen atoms in total. The van der Waals surface area contributed by atoms with Crippen LogP contribution in [0.1, 0.15) is 45.1 Å². The quantitative estimate of drug-likeness (QED) is 0.750. The van der Waals surface area contributed by atoms with Crippen molar-refractivity contribution in [3.05, 3.63) is 23.5 Å². The molecule has 0 saturated heterocycles. The van der Waals surface area contributed by atoms with Crippen molar-refractivity contribution in [1.82, 2.24) is 9.97 Å². The van der Waals surface area contributed by atoms with Gasteiger partial charge >= 0.3 is 0 Å². The molecule has 0 spiro atoms. The Kier molecular flexibility index (Phi) is 3.70. The molecule has 3 rings (SSSR count). The molecule has 0 aliphatic heterocycles. The number of nitrogens with zero attached hydrogens (tertiary/aromatic N) is 2. The Morgan fingerprint density at radius 1 is 1.24 bits per heavy atom. The predicted octanol–water partition coefficient (Wildman–Crippen LogP) is 4.96. The molecule has 1 fully saturated rings. The third-order valence-electron chi connectivity index (χ3n) is 5.08. The van der Waals surface area contributed by atoms with Gasteiger partial charge in [0.25, 0.3) is 0 Å². The molecule has 114 valence electrons. The van der Waals surface area contributed by atoms with Crippen LogP contribution in [-0.4, -0.2) is 24.4 Å². The third kappa shape index (κ3) is 2.79. The number of rotatable bonds is 3. The van der Waals surface area contributed by atoms with Gasteiger partial charge in [-0.2, -0.15) is 0 Å². The van der Waals surface area contributed by atoms with E-state index >= 15 is 0 Å². The molecule has 0 aromatic carbocycles. The number of pyridine rings is 1. The molecule has 5 heteroatoms. The topological polar surface area (TPSA) is 35.0 Å². The van der Waals surface area contributed by atoms with E-state index in [2.05, 4.69) is 43.8 Å². The number of aromatic nitrogens is 2. The van der Waals surface area contributed by atoms with E-state index in [0.29, 0.717) is 12.0 Å². The zero-order chi connectivity index (χ0) is 15.3. The second-order valence-corrected chi connectivity index (χ2v) is 13.2. The van der Waals surface area contributed by atoms with Crippen LogP contribution in [0.25, 0.3) is 10.2 Å². The summed E-state index contributed by atoms with van der Waals surface area (Å²) in [6.07, 6.45) is 6.56. The summed E-state index contributed by atoms with van der Waals surface area (Å²) >= 11 is 1.67. The van der Waals surface area contributed by atoms with Crippen molar-refractivity contribution in [3.8, 4) is 0 Å². The molecule has 2 aromatic heterocycles. The Balaban J connectivity index is 1.68. The summed E-state index contributed by atoms with van der Waals surface area (Å²) in [5, 5.41) is 0.286. The first kappa shape index (κ1) is 15.1. The number of fused-ring (bicyclic) bond motifs is 1. The minimum absolute atomic E-state index is 0.286.